The van der Waals surface area contributed by atoms with Crippen LogP contribution in [-0.4, -0.2) is 20.2 Å². The summed E-state index contributed by atoms with van der Waals surface area (Å²) in [5.74, 6) is 1.46. The lowest BCUT2D eigenvalue weighted by molar-refractivity contribution is 0.199. The van der Waals surface area contributed by atoms with E-state index in [9.17, 15) is 0 Å². The van der Waals surface area contributed by atoms with Gasteiger partial charge in [0.15, 0.2) is 5.82 Å². The molecule has 94 valence electrons. The fourth-order valence-electron chi connectivity index (χ4n) is 2.39. The quantitative estimate of drug-likeness (QED) is 0.846. The van der Waals surface area contributed by atoms with Gasteiger partial charge < -0.3 is 5.73 Å². The van der Waals surface area contributed by atoms with E-state index in [4.69, 9.17) is 17.3 Å². The van der Waals surface area contributed by atoms with E-state index in [0.717, 1.165) is 30.1 Å². The molecule has 0 radical (unpaired) electrons. The van der Waals surface area contributed by atoms with E-state index in [2.05, 4.69) is 22.4 Å². The number of nitrogens with zero attached hydrogens (tertiary/aromatic N) is 4. The van der Waals surface area contributed by atoms with Crippen LogP contribution >= 0.6 is 11.6 Å². The van der Waals surface area contributed by atoms with E-state index in [1.165, 1.54) is 0 Å². The standard InChI is InChI=1S/C12H14ClN5/c1-7-4-9(5-7)18-12(15-16-17-18)10-3-2-8(14)6-11(10)13/h2-3,6-7,9H,4-5,14H2,1H3. The molecule has 1 heterocycles. The Kier molecular flexibility index (Phi) is 2.70. The Bertz CT molecular complexity index is 574. The summed E-state index contributed by atoms with van der Waals surface area (Å²) in [5, 5.41) is 12.5. The maximum Gasteiger partial charge on any atom is 0.183 e. The topological polar surface area (TPSA) is 69.6 Å². The molecule has 0 amide bonds. The van der Waals surface area contributed by atoms with Gasteiger partial charge in [0.1, 0.15) is 0 Å². The maximum atomic E-state index is 6.20. The summed E-state index contributed by atoms with van der Waals surface area (Å²) in [4.78, 5) is 0. The molecule has 5 nitrogen and oxygen atoms in total. The fourth-order valence-corrected chi connectivity index (χ4v) is 2.66. The molecule has 0 atom stereocenters. The van der Waals surface area contributed by atoms with E-state index in [1.54, 1.807) is 6.07 Å². The van der Waals surface area contributed by atoms with Gasteiger partial charge in [-0.05, 0) is 47.4 Å². The summed E-state index contributed by atoms with van der Waals surface area (Å²) in [5.41, 5.74) is 7.16. The lowest BCUT2D eigenvalue weighted by Gasteiger charge is -2.32. The van der Waals surface area contributed by atoms with Crippen molar-refractivity contribution in [1.82, 2.24) is 20.2 Å². The van der Waals surface area contributed by atoms with Crippen LogP contribution in [0.15, 0.2) is 18.2 Å². The fraction of sp³-hybridized carbons (Fsp3) is 0.417. The molecule has 2 N–H and O–H groups in total. The zero-order valence-corrected chi connectivity index (χ0v) is 10.8. The number of aromatic nitrogens is 4. The van der Waals surface area contributed by atoms with Gasteiger partial charge in [-0.15, -0.1) is 5.10 Å². The van der Waals surface area contributed by atoms with Crippen LogP contribution < -0.4 is 5.73 Å². The van der Waals surface area contributed by atoms with Crippen LogP contribution in [0.3, 0.4) is 0 Å². The summed E-state index contributed by atoms with van der Waals surface area (Å²) in [6.45, 7) is 2.23. The Labute approximate surface area is 110 Å². The van der Waals surface area contributed by atoms with E-state index in [-0.39, 0.29) is 0 Å². The minimum atomic E-state index is 0.388. The van der Waals surface area contributed by atoms with Gasteiger partial charge in [-0.2, -0.15) is 0 Å². The van der Waals surface area contributed by atoms with Crippen molar-refractivity contribution in [1.29, 1.82) is 0 Å². The van der Waals surface area contributed by atoms with Gasteiger partial charge in [0.2, 0.25) is 0 Å². The Morgan fingerprint density at radius 1 is 1.39 bits per heavy atom. The number of nitrogens with two attached hydrogens (primary N) is 1. The highest BCUT2D eigenvalue weighted by molar-refractivity contribution is 6.33. The molecule has 0 bridgehead atoms. The first-order valence-electron chi connectivity index (χ1n) is 5.98. The molecular weight excluding hydrogens is 250 g/mol. The maximum absolute atomic E-state index is 6.20. The predicted octanol–water partition coefficient (Wildman–Crippen LogP) is 2.55. The van der Waals surface area contributed by atoms with Crippen molar-refractivity contribution in [3.8, 4) is 11.4 Å². The highest BCUT2D eigenvalue weighted by Crippen LogP contribution is 2.39. The van der Waals surface area contributed by atoms with Crippen LogP contribution in [0.5, 0.6) is 0 Å². The summed E-state index contributed by atoms with van der Waals surface area (Å²) < 4.78 is 1.87. The number of benzene rings is 1. The van der Waals surface area contributed by atoms with Crippen molar-refractivity contribution in [2.45, 2.75) is 25.8 Å². The summed E-state index contributed by atoms with van der Waals surface area (Å²) >= 11 is 6.20. The molecule has 1 fully saturated rings. The van der Waals surface area contributed by atoms with E-state index in [0.29, 0.717) is 16.8 Å². The smallest absolute Gasteiger partial charge is 0.183 e. The third kappa shape index (κ3) is 1.84. The number of hydrogen-bond acceptors (Lipinski definition) is 4. The Morgan fingerprint density at radius 2 is 2.17 bits per heavy atom. The van der Waals surface area contributed by atoms with Crippen LogP contribution in [0, 0.1) is 5.92 Å². The Hall–Kier alpha value is -1.62. The molecule has 18 heavy (non-hydrogen) atoms. The van der Waals surface area contributed by atoms with Gasteiger partial charge in [-0.3, -0.25) is 0 Å². The van der Waals surface area contributed by atoms with Crippen LogP contribution in [0.25, 0.3) is 11.4 Å². The molecule has 1 aromatic carbocycles. The number of hydrogen-bond donors (Lipinski definition) is 1. The van der Waals surface area contributed by atoms with Gasteiger partial charge in [-0.1, -0.05) is 18.5 Å². The molecule has 0 spiro atoms. The monoisotopic (exact) mass is 263 g/mol. The van der Waals surface area contributed by atoms with Crippen LogP contribution in [0.1, 0.15) is 25.8 Å². The van der Waals surface area contributed by atoms with Crippen molar-refractivity contribution in [3.63, 3.8) is 0 Å². The largest absolute Gasteiger partial charge is 0.399 e. The lowest BCUT2D eigenvalue weighted by atomic mass is 9.82. The number of tetrazole rings is 1. The molecule has 1 aromatic heterocycles. The third-order valence-electron chi connectivity index (χ3n) is 3.42. The summed E-state index contributed by atoms with van der Waals surface area (Å²) in [6.07, 6.45) is 2.23. The first-order valence-corrected chi connectivity index (χ1v) is 6.36. The van der Waals surface area contributed by atoms with Crippen LogP contribution in [-0.2, 0) is 0 Å². The first kappa shape index (κ1) is 11.5. The second kappa shape index (κ2) is 4.24. The number of halogens is 1. The molecule has 0 saturated heterocycles. The minimum absolute atomic E-state index is 0.388. The van der Waals surface area contributed by atoms with Gasteiger partial charge >= 0.3 is 0 Å². The molecule has 6 heteroatoms. The normalized spacial score (nSPS) is 22.8. The minimum Gasteiger partial charge on any atom is -0.399 e. The number of rotatable bonds is 2. The van der Waals surface area contributed by atoms with Gasteiger partial charge in [0.25, 0.3) is 0 Å². The van der Waals surface area contributed by atoms with Crippen LogP contribution in [0.4, 0.5) is 5.69 Å². The molecule has 1 aliphatic rings. The van der Waals surface area contributed by atoms with Crippen molar-refractivity contribution < 1.29 is 0 Å². The van der Waals surface area contributed by atoms with Crippen molar-refractivity contribution in [2.24, 2.45) is 5.92 Å². The van der Waals surface area contributed by atoms with Gasteiger partial charge in [-0.25, -0.2) is 4.68 Å². The van der Waals surface area contributed by atoms with Crippen molar-refractivity contribution in [2.75, 3.05) is 5.73 Å². The summed E-state index contributed by atoms with van der Waals surface area (Å²) in [7, 11) is 0. The van der Waals surface area contributed by atoms with Crippen molar-refractivity contribution in [3.05, 3.63) is 23.2 Å². The molecule has 0 unspecified atom stereocenters. The lowest BCUT2D eigenvalue weighted by Crippen LogP contribution is -2.26. The Balaban J connectivity index is 1.99. The second-order valence-corrected chi connectivity index (χ2v) is 5.32. The molecule has 2 aromatic rings. The molecule has 1 saturated carbocycles. The molecular formula is C12H14ClN5. The van der Waals surface area contributed by atoms with E-state index < -0.39 is 0 Å². The zero-order chi connectivity index (χ0) is 12.7. The molecule has 1 aliphatic carbocycles. The molecule has 0 aliphatic heterocycles. The number of anilines is 1. The van der Waals surface area contributed by atoms with Crippen molar-refractivity contribution >= 4 is 17.3 Å². The third-order valence-corrected chi connectivity index (χ3v) is 3.73. The Morgan fingerprint density at radius 3 is 2.83 bits per heavy atom. The van der Waals surface area contributed by atoms with E-state index >= 15 is 0 Å². The highest BCUT2D eigenvalue weighted by Gasteiger charge is 2.30. The second-order valence-electron chi connectivity index (χ2n) is 4.92. The average Bonchev–Trinajstić information content (AvgIpc) is 2.73. The predicted molar refractivity (Wildman–Crippen MR) is 70.1 cm³/mol. The SMILES string of the molecule is CC1CC(n2nnnc2-c2ccc(N)cc2Cl)C1. The first-order chi connectivity index (χ1) is 8.65. The summed E-state index contributed by atoms with van der Waals surface area (Å²) in [6, 6.07) is 5.78. The number of nitrogen functional groups attached to an aromatic ring is 1. The van der Waals surface area contributed by atoms with E-state index in [1.807, 2.05) is 16.8 Å². The van der Waals surface area contributed by atoms with Crippen LogP contribution in [0.2, 0.25) is 5.02 Å². The average molecular weight is 264 g/mol. The van der Waals surface area contributed by atoms with Gasteiger partial charge in [0, 0.05) is 11.3 Å². The molecule has 3 rings (SSSR count). The van der Waals surface area contributed by atoms with Gasteiger partial charge in [0.05, 0.1) is 11.1 Å². The highest BCUT2D eigenvalue weighted by atomic mass is 35.5. The zero-order valence-electron chi connectivity index (χ0n) is 10.0.